The third-order valence-corrected chi connectivity index (χ3v) is 5.25. The van der Waals surface area contributed by atoms with E-state index in [1.165, 1.54) is 11.3 Å². The van der Waals surface area contributed by atoms with Gasteiger partial charge in [-0.15, -0.1) is 0 Å². The minimum Gasteiger partial charge on any atom is -0.427 e. The smallest absolute Gasteiger partial charge is 0.321 e. The fourth-order valence-corrected chi connectivity index (χ4v) is 3.55. The van der Waals surface area contributed by atoms with Gasteiger partial charge in [-0.3, -0.25) is 4.79 Å². The Morgan fingerprint density at radius 1 is 0.967 bits per heavy atom. The molecule has 1 aliphatic heterocycles. The number of hydrogen-bond acceptors (Lipinski definition) is 4. The summed E-state index contributed by atoms with van der Waals surface area (Å²) in [5.41, 5.74) is 3.33. The van der Waals surface area contributed by atoms with E-state index in [4.69, 9.17) is 4.74 Å². The largest absolute Gasteiger partial charge is 0.427 e. The Labute approximate surface area is 178 Å². The van der Waals surface area contributed by atoms with Crippen molar-refractivity contribution in [3.8, 4) is 5.75 Å². The Morgan fingerprint density at radius 2 is 1.60 bits per heavy atom. The highest BCUT2D eigenvalue weighted by atomic mass is 16.5. The van der Waals surface area contributed by atoms with Gasteiger partial charge in [-0.25, -0.2) is 4.79 Å². The van der Waals surface area contributed by atoms with Gasteiger partial charge in [0, 0.05) is 44.0 Å². The highest BCUT2D eigenvalue weighted by Crippen LogP contribution is 2.32. The molecule has 1 fully saturated rings. The van der Waals surface area contributed by atoms with E-state index in [2.05, 4.69) is 55.3 Å². The molecule has 0 saturated carbocycles. The van der Waals surface area contributed by atoms with E-state index in [1.807, 2.05) is 4.90 Å². The number of para-hydroxylation sites is 1. The van der Waals surface area contributed by atoms with E-state index in [0.29, 0.717) is 30.9 Å². The van der Waals surface area contributed by atoms with Crippen LogP contribution in [0.2, 0.25) is 0 Å². The van der Waals surface area contributed by atoms with Crippen molar-refractivity contribution in [1.29, 1.82) is 0 Å². The normalized spacial score (nSPS) is 14.4. The molecule has 1 aliphatic rings. The van der Waals surface area contributed by atoms with Crippen molar-refractivity contribution in [3.05, 3.63) is 54.1 Å². The number of benzene rings is 2. The Hall–Kier alpha value is -3.02. The van der Waals surface area contributed by atoms with Crippen LogP contribution in [0.3, 0.4) is 0 Å². The molecule has 2 amide bonds. The molecule has 2 aromatic carbocycles. The lowest BCUT2D eigenvalue weighted by Gasteiger charge is -2.38. The van der Waals surface area contributed by atoms with Crippen molar-refractivity contribution in [2.75, 3.05) is 36.4 Å². The van der Waals surface area contributed by atoms with Crippen LogP contribution in [-0.4, -0.2) is 43.1 Å². The number of hydrogen-bond donors (Lipinski definition) is 1. The van der Waals surface area contributed by atoms with E-state index < -0.39 is 0 Å². The van der Waals surface area contributed by atoms with Gasteiger partial charge in [0.1, 0.15) is 5.75 Å². The SMILES string of the molecule is CCC(=O)Oc1ccc(NC(=O)N2CCN(c3ccccc3C(C)(C)C)CC2)cc1. The average molecular weight is 410 g/mol. The average Bonchev–Trinajstić information content (AvgIpc) is 2.74. The quantitative estimate of drug-likeness (QED) is 0.590. The van der Waals surface area contributed by atoms with Crippen molar-refractivity contribution in [1.82, 2.24) is 4.90 Å². The third-order valence-electron chi connectivity index (χ3n) is 5.25. The zero-order valence-electron chi connectivity index (χ0n) is 18.3. The van der Waals surface area contributed by atoms with Gasteiger partial charge in [0.2, 0.25) is 0 Å². The van der Waals surface area contributed by atoms with E-state index in [9.17, 15) is 9.59 Å². The second-order valence-electron chi connectivity index (χ2n) is 8.52. The second-order valence-corrected chi connectivity index (χ2v) is 8.52. The number of rotatable bonds is 4. The molecule has 30 heavy (non-hydrogen) atoms. The third kappa shape index (κ3) is 5.32. The van der Waals surface area contributed by atoms with Crippen LogP contribution in [0.25, 0.3) is 0 Å². The number of amides is 2. The summed E-state index contributed by atoms with van der Waals surface area (Å²) in [5, 5.41) is 2.92. The van der Waals surface area contributed by atoms with Crippen LogP contribution in [0.5, 0.6) is 5.75 Å². The number of carbonyl (C=O) groups excluding carboxylic acids is 2. The molecule has 0 spiro atoms. The molecule has 1 heterocycles. The number of nitrogens with one attached hydrogen (secondary N) is 1. The van der Waals surface area contributed by atoms with Gasteiger partial charge >= 0.3 is 12.0 Å². The van der Waals surface area contributed by atoms with Gasteiger partial charge in [0.05, 0.1) is 0 Å². The van der Waals surface area contributed by atoms with Crippen LogP contribution in [0.1, 0.15) is 39.7 Å². The first-order valence-electron chi connectivity index (χ1n) is 10.5. The Morgan fingerprint density at radius 3 is 2.20 bits per heavy atom. The monoisotopic (exact) mass is 409 g/mol. The minimum atomic E-state index is -0.280. The maximum atomic E-state index is 12.7. The summed E-state index contributed by atoms with van der Waals surface area (Å²) in [6.45, 7) is 11.3. The van der Waals surface area contributed by atoms with E-state index in [-0.39, 0.29) is 17.4 Å². The van der Waals surface area contributed by atoms with Crippen LogP contribution in [0.15, 0.2) is 48.5 Å². The zero-order valence-corrected chi connectivity index (χ0v) is 18.3. The lowest BCUT2D eigenvalue weighted by atomic mass is 9.85. The Kier molecular flexibility index (Phi) is 6.65. The first-order chi connectivity index (χ1) is 14.3. The molecule has 2 aromatic rings. The van der Waals surface area contributed by atoms with Crippen LogP contribution < -0.4 is 15.0 Å². The minimum absolute atomic E-state index is 0.0721. The molecule has 0 atom stereocenters. The molecule has 1 saturated heterocycles. The van der Waals surface area contributed by atoms with Crippen LogP contribution >= 0.6 is 0 Å². The molecule has 160 valence electrons. The Balaban J connectivity index is 1.57. The van der Waals surface area contributed by atoms with Gasteiger partial charge < -0.3 is 19.9 Å². The number of piperazine rings is 1. The summed E-state index contributed by atoms with van der Waals surface area (Å²) >= 11 is 0. The van der Waals surface area contributed by atoms with E-state index in [1.54, 1.807) is 31.2 Å². The molecule has 6 nitrogen and oxygen atoms in total. The zero-order chi connectivity index (χ0) is 21.7. The Bertz CT molecular complexity index is 879. The maximum absolute atomic E-state index is 12.7. The molecular weight excluding hydrogens is 378 g/mol. The van der Waals surface area contributed by atoms with Crippen molar-refractivity contribution in [3.63, 3.8) is 0 Å². The first kappa shape index (κ1) is 21.7. The summed E-state index contributed by atoms with van der Waals surface area (Å²) in [4.78, 5) is 28.2. The van der Waals surface area contributed by atoms with Crippen LogP contribution in [-0.2, 0) is 10.2 Å². The number of nitrogens with zero attached hydrogens (tertiary/aromatic N) is 2. The molecule has 0 bridgehead atoms. The molecule has 0 radical (unpaired) electrons. The number of urea groups is 1. The van der Waals surface area contributed by atoms with Gasteiger partial charge in [0.15, 0.2) is 0 Å². The molecule has 6 heteroatoms. The van der Waals surface area contributed by atoms with E-state index >= 15 is 0 Å². The van der Waals surface area contributed by atoms with Gasteiger partial charge in [-0.2, -0.15) is 0 Å². The standard InChI is InChI=1S/C24H31N3O3/c1-5-22(28)30-19-12-10-18(11-13-19)25-23(29)27-16-14-26(15-17-27)21-9-7-6-8-20(21)24(2,3)4/h6-13H,5,14-17H2,1-4H3,(H,25,29). The van der Waals surface area contributed by atoms with Gasteiger partial charge in [-0.05, 0) is 41.3 Å². The predicted molar refractivity (Wildman–Crippen MR) is 120 cm³/mol. The highest BCUT2D eigenvalue weighted by Gasteiger charge is 2.25. The van der Waals surface area contributed by atoms with Crippen molar-refractivity contribution in [2.24, 2.45) is 0 Å². The van der Waals surface area contributed by atoms with Crippen LogP contribution in [0, 0.1) is 0 Å². The first-order valence-corrected chi connectivity index (χ1v) is 10.5. The summed E-state index contributed by atoms with van der Waals surface area (Å²) in [6, 6.07) is 15.3. The number of carbonyl (C=O) groups is 2. The molecule has 0 aromatic heterocycles. The fourth-order valence-electron chi connectivity index (χ4n) is 3.55. The maximum Gasteiger partial charge on any atom is 0.321 e. The van der Waals surface area contributed by atoms with E-state index in [0.717, 1.165) is 13.1 Å². The molecule has 0 aliphatic carbocycles. The number of ether oxygens (including phenoxy) is 1. The summed E-state index contributed by atoms with van der Waals surface area (Å²) in [7, 11) is 0. The molecule has 1 N–H and O–H groups in total. The van der Waals surface area contributed by atoms with Gasteiger partial charge in [-0.1, -0.05) is 45.9 Å². The second kappa shape index (κ2) is 9.20. The predicted octanol–water partition coefficient (Wildman–Crippen LogP) is 4.65. The van der Waals surface area contributed by atoms with Crippen molar-refractivity contribution in [2.45, 2.75) is 39.5 Å². The number of anilines is 2. The van der Waals surface area contributed by atoms with Crippen molar-refractivity contribution < 1.29 is 14.3 Å². The molecule has 0 unspecified atom stereocenters. The van der Waals surface area contributed by atoms with Crippen molar-refractivity contribution >= 4 is 23.4 Å². The fraction of sp³-hybridized carbons (Fsp3) is 0.417. The number of esters is 1. The lowest BCUT2D eigenvalue weighted by Crippen LogP contribution is -2.50. The highest BCUT2D eigenvalue weighted by molar-refractivity contribution is 5.89. The molecule has 3 rings (SSSR count). The topological polar surface area (TPSA) is 61.9 Å². The summed E-state index contributed by atoms with van der Waals surface area (Å²) in [6.07, 6.45) is 0.324. The summed E-state index contributed by atoms with van der Waals surface area (Å²) in [5.74, 6) is 0.198. The lowest BCUT2D eigenvalue weighted by molar-refractivity contribution is -0.134. The van der Waals surface area contributed by atoms with Crippen LogP contribution in [0.4, 0.5) is 16.2 Å². The molecular formula is C24H31N3O3. The van der Waals surface area contributed by atoms with Gasteiger partial charge in [0.25, 0.3) is 0 Å². The summed E-state index contributed by atoms with van der Waals surface area (Å²) < 4.78 is 5.16.